The van der Waals surface area contributed by atoms with E-state index in [9.17, 15) is 4.79 Å². The number of hydrogen-bond acceptors (Lipinski definition) is 3. The molecule has 4 N–H and O–H groups in total. The number of rotatable bonds is 6. The summed E-state index contributed by atoms with van der Waals surface area (Å²) in [6, 6.07) is 15.9. The number of amides is 1. The van der Waals surface area contributed by atoms with Crippen LogP contribution in [0.2, 0.25) is 0 Å². The zero-order valence-corrected chi connectivity index (χ0v) is 16.1. The number of carbonyl (C=O) groups is 1. The third-order valence-corrected chi connectivity index (χ3v) is 4.43. The van der Waals surface area contributed by atoms with Gasteiger partial charge in [-0.25, -0.2) is 4.79 Å². The fourth-order valence-corrected chi connectivity index (χ4v) is 2.94. The smallest absolute Gasteiger partial charge is 0.411 e. The predicted molar refractivity (Wildman–Crippen MR) is 113 cm³/mol. The van der Waals surface area contributed by atoms with Crippen molar-refractivity contribution in [3.05, 3.63) is 65.9 Å². The van der Waals surface area contributed by atoms with Crippen LogP contribution in [0.5, 0.6) is 0 Å². The molecule has 0 atom stereocenters. The lowest BCUT2D eigenvalue weighted by Crippen LogP contribution is -2.37. The van der Waals surface area contributed by atoms with Gasteiger partial charge in [-0.15, -0.1) is 0 Å². The number of aromatic amines is 1. The standard InChI is InChI=1S/C21H25N5O2/c1-22-20(23-12-11-16-14-24-19-6-4-3-5-18(16)19)25-13-15-7-9-17(10-8-15)26-21(27)28-2/h3-10,14,24H,11-13H2,1-2H3,(H,26,27)(H2,22,23,25). The zero-order valence-electron chi connectivity index (χ0n) is 16.1. The molecule has 0 aliphatic rings. The molecule has 0 bridgehead atoms. The molecule has 0 spiro atoms. The van der Waals surface area contributed by atoms with Crippen LogP contribution in [-0.2, 0) is 17.7 Å². The molecular formula is C21H25N5O2. The molecule has 0 aliphatic carbocycles. The SMILES string of the molecule is CN=C(NCCc1c[nH]c2ccccc12)NCc1ccc(NC(=O)OC)cc1. The van der Waals surface area contributed by atoms with E-state index >= 15 is 0 Å². The molecule has 28 heavy (non-hydrogen) atoms. The van der Waals surface area contributed by atoms with Crippen molar-refractivity contribution in [2.24, 2.45) is 4.99 Å². The molecule has 2 aromatic carbocycles. The number of aliphatic imine (C=N–C) groups is 1. The van der Waals surface area contributed by atoms with Crippen molar-refractivity contribution >= 4 is 28.6 Å². The van der Waals surface area contributed by atoms with Gasteiger partial charge in [0, 0.05) is 42.9 Å². The second-order valence-corrected chi connectivity index (χ2v) is 6.28. The van der Waals surface area contributed by atoms with Crippen molar-refractivity contribution < 1.29 is 9.53 Å². The van der Waals surface area contributed by atoms with E-state index in [-0.39, 0.29) is 0 Å². The first kappa shape index (κ1) is 19.3. The van der Waals surface area contributed by atoms with Crippen LogP contribution in [0.4, 0.5) is 10.5 Å². The number of anilines is 1. The Morgan fingerprint density at radius 1 is 1.11 bits per heavy atom. The highest BCUT2D eigenvalue weighted by Crippen LogP contribution is 2.17. The molecule has 0 aliphatic heterocycles. The number of para-hydroxylation sites is 1. The van der Waals surface area contributed by atoms with E-state index in [0.717, 1.165) is 30.0 Å². The summed E-state index contributed by atoms with van der Waals surface area (Å²) in [6.45, 7) is 1.41. The Labute approximate surface area is 164 Å². The number of aromatic nitrogens is 1. The number of ether oxygens (including phenoxy) is 1. The average molecular weight is 379 g/mol. The van der Waals surface area contributed by atoms with Crippen LogP contribution in [0.15, 0.2) is 59.7 Å². The fourth-order valence-electron chi connectivity index (χ4n) is 2.94. The van der Waals surface area contributed by atoms with Crippen LogP contribution >= 0.6 is 0 Å². The Balaban J connectivity index is 1.46. The van der Waals surface area contributed by atoms with Crippen molar-refractivity contribution in [1.82, 2.24) is 15.6 Å². The van der Waals surface area contributed by atoms with Gasteiger partial charge in [0.2, 0.25) is 0 Å². The van der Waals surface area contributed by atoms with Crippen LogP contribution in [0.3, 0.4) is 0 Å². The lowest BCUT2D eigenvalue weighted by molar-refractivity contribution is 0.187. The molecule has 1 aromatic heterocycles. The quantitative estimate of drug-likeness (QED) is 0.391. The summed E-state index contributed by atoms with van der Waals surface area (Å²) >= 11 is 0. The first-order valence-corrected chi connectivity index (χ1v) is 9.13. The molecule has 146 valence electrons. The van der Waals surface area contributed by atoms with E-state index in [1.165, 1.54) is 18.1 Å². The number of methoxy groups -OCH3 is 1. The van der Waals surface area contributed by atoms with Gasteiger partial charge >= 0.3 is 6.09 Å². The van der Waals surface area contributed by atoms with Crippen molar-refractivity contribution in [1.29, 1.82) is 0 Å². The molecule has 7 heteroatoms. The van der Waals surface area contributed by atoms with Gasteiger partial charge in [-0.1, -0.05) is 30.3 Å². The van der Waals surface area contributed by atoms with E-state index in [0.29, 0.717) is 12.2 Å². The summed E-state index contributed by atoms with van der Waals surface area (Å²) in [5, 5.41) is 10.5. The molecule has 1 heterocycles. The number of hydrogen-bond donors (Lipinski definition) is 4. The number of nitrogens with zero attached hydrogens (tertiary/aromatic N) is 1. The highest BCUT2D eigenvalue weighted by Gasteiger charge is 2.04. The average Bonchev–Trinajstić information content (AvgIpc) is 3.14. The topological polar surface area (TPSA) is 90.5 Å². The Morgan fingerprint density at radius 3 is 2.64 bits per heavy atom. The molecule has 0 fully saturated rings. The van der Waals surface area contributed by atoms with Gasteiger partial charge < -0.3 is 20.4 Å². The second-order valence-electron chi connectivity index (χ2n) is 6.28. The normalized spacial score (nSPS) is 11.3. The fraction of sp³-hybridized carbons (Fsp3) is 0.238. The second kappa shape index (κ2) is 9.45. The molecule has 7 nitrogen and oxygen atoms in total. The molecule has 3 aromatic rings. The highest BCUT2D eigenvalue weighted by atomic mass is 16.5. The van der Waals surface area contributed by atoms with Crippen LogP contribution in [0.25, 0.3) is 10.9 Å². The number of fused-ring (bicyclic) bond motifs is 1. The molecule has 1 amide bonds. The van der Waals surface area contributed by atoms with Crippen LogP contribution in [-0.4, -0.2) is 37.7 Å². The monoisotopic (exact) mass is 379 g/mol. The van der Waals surface area contributed by atoms with Crippen molar-refractivity contribution in [3.63, 3.8) is 0 Å². The van der Waals surface area contributed by atoms with Crippen LogP contribution in [0.1, 0.15) is 11.1 Å². The lowest BCUT2D eigenvalue weighted by Gasteiger charge is -2.12. The third kappa shape index (κ3) is 5.03. The maximum atomic E-state index is 11.2. The molecule has 0 saturated carbocycles. The first-order valence-electron chi connectivity index (χ1n) is 9.13. The lowest BCUT2D eigenvalue weighted by atomic mass is 10.1. The Kier molecular flexibility index (Phi) is 6.51. The van der Waals surface area contributed by atoms with Gasteiger partial charge in [-0.3, -0.25) is 10.3 Å². The zero-order chi connectivity index (χ0) is 19.8. The summed E-state index contributed by atoms with van der Waals surface area (Å²) in [6.07, 6.45) is 2.48. The van der Waals surface area contributed by atoms with Gasteiger partial charge in [0.05, 0.1) is 7.11 Å². The number of nitrogens with one attached hydrogen (secondary N) is 4. The predicted octanol–water partition coefficient (Wildman–Crippen LogP) is 3.25. The Hall–Kier alpha value is -3.48. The maximum absolute atomic E-state index is 11.2. The number of carbonyl (C=O) groups excluding carboxylic acids is 1. The van der Waals surface area contributed by atoms with Crippen molar-refractivity contribution in [3.8, 4) is 0 Å². The number of benzene rings is 2. The summed E-state index contributed by atoms with van der Waals surface area (Å²) in [7, 11) is 3.09. The first-order chi connectivity index (χ1) is 13.7. The number of H-pyrrole nitrogens is 1. The largest absolute Gasteiger partial charge is 0.453 e. The Morgan fingerprint density at radius 2 is 1.89 bits per heavy atom. The van der Waals surface area contributed by atoms with E-state index in [4.69, 9.17) is 0 Å². The third-order valence-electron chi connectivity index (χ3n) is 4.43. The molecule has 0 radical (unpaired) electrons. The highest BCUT2D eigenvalue weighted by molar-refractivity contribution is 5.84. The van der Waals surface area contributed by atoms with Gasteiger partial charge in [0.1, 0.15) is 0 Å². The van der Waals surface area contributed by atoms with Crippen molar-refractivity contribution in [2.75, 3.05) is 26.0 Å². The van der Waals surface area contributed by atoms with Gasteiger partial charge in [-0.2, -0.15) is 0 Å². The molecular weight excluding hydrogens is 354 g/mol. The van der Waals surface area contributed by atoms with Crippen LogP contribution < -0.4 is 16.0 Å². The van der Waals surface area contributed by atoms with E-state index in [1.54, 1.807) is 7.05 Å². The molecule has 0 unspecified atom stereocenters. The minimum Gasteiger partial charge on any atom is -0.453 e. The Bertz CT molecular complexity index is 947. The summed E-state index contributed by atoms with van der Waals surface area (Å²) in [5.74, 6) is 0.747. The maximum Gasteiger partial charge on any atom is 0.411 e. The van der Waals surface area contributed by atoms with E-state index in [2.05, 4.69) is 55.1 Å². The minimum atomic E-state index is -0.481. The summed E-state index contributed by atoms with van der Waals surface area (Å²) in [5.41, 5.74) is 4.21. The molecule has 3 rings (SSSR count). The van der Waals surface area contributed by atoms with Gasteiger partial charge in [-0.05, 0) is 35.7 Å². The van der Waals surface area contributed by atoms with Gasteiger partial charge in [0.15, 0.2) is 5.96 Å². The molecule has 0 saturated heterocycles. The van der Waals surface area contributed by atoms with E-state index < -0.39 is 6.09 Å². The summed E-state index contributed by atoms with van der Waals surface area (Å²) in [4.78, 5) is 18.8. The van der Waals surface area contributed by atoms with Crippen molar-refractivity contribution in [2.45, 2.75) is 13.0 Å². The number of guanidine groups is 1. The minimum absolute atomic E-state index is 0.481. The van der Waals surface area contributed by atoms with Crippen LogP contribution in [0, 0.1) is 0 Å². The van der Waals surface area contributed by atoms with E-state index in [1.807, 2.05) is 30.3 Å². The van der Waals surface area contributed by atoms with Gasteiger partial charge in [0.25, 0.3) is 0 Å². The summed E-state index contributed by atoms with van der Waals surface area (Å²) < 4.78 is 4.58.